The van der Waals surface area contributed by atoms with E-state index in [9.17, 15) is 9.50 Å². The van der Waals surface area contributed by atoms with Crippen molar-refractivity contribution in [3.05, 3.63) is 42.0 Å². The molecule has 0 unspecified atom stereocenters. The third-order valence-electron chi connectivity index (χ3n) is 3.94. The first-order valence-electron chi connectivity index (χ1n) is 7.36. The quantitative estimate of drug-likeness (QED) is 0.871. The Kier molecular flexibility index (Phi) is 4.35. The van der Waals surface area contributed by atoms with Gasteiger partial charge in [0.15, 0.2) is 11.6 Å². The first-order chi connectivity index (χ1) is 10.7. The third kappa shape index (κ3) is 3.26. The molecule has 0 spiro atoms. The van der Waals surface area contributed by atoms with Gasteiger partial charge in [-0.15, -0.1) is 0 Å². The molecule has 0 radical (unpaired) electrons. The lowest BCUT2D eigenvalue weighted by atomic mass is 9.90. The van der Waals surface area contributed by atoms with Crippen molar-refractivity contribution < 1.29 is 14.2 Å². The number of nitrogens with one attached hydrogen (secondary N) is 1. The molecule has 0 bridgehead atoms. The average Bonchev–Trinajstić information content (AvgIpc) is 3.05. The van der Waals surface area contributed by atoms with Gasteiger partial charge in [-0.25, -0.2) is 4.39 Å². The molecule has 2 aromatic rings. The van der Waals surface area contributed by atoms with Crippen molar-refractivity contribution in [3.63, 3.8) is 0 Å². The van der Waals surface area contributed by atoms with Crippen LogP contribution in [0.15, 0.2) is 30.5 Å². The normalized spacial score (nSPS) is 22.6. The van der Waals surface area contributed by atoms with Crippen LogP contribution in [0.5, 0.6) is 5.75 Å². The Morgan fingerprint density at radius 1 is 1.41 bits per heavy atom. The molecule has 118 valence electrons. The van der Waals surface area contributed by atoms with Gasteiger partial charge < -0.3 is 9.84 Å². The summed E-state index contributed by atoms with van der Waals surface area (Å²) in [5.74, 6) is -0.105. The van der Waals surface area contributed by atoms with Crippen molar-refractivity contribution in [2.24, 2.45) is 0 Å². The second-order valence-corrected chi connectivity index (χ2v) is 5.55. The zero-order valence-corrected chi connectivity index (χ0v) is 12.2. The molecule has 6 nitrogen and oxygen atoms in total. The summed E-state index contributed by atoms with van der Waals surface area (Å²) in [6, 6.07) is 6.35. The van der Waals surface area contributed by atoms with Crippen LogP contribution in [0.25, 0.3) is 0 Å². The van der Waals surface area contributed by atoms with E-state index in [-0.39, 0.29) is 11.6 Å². The van der Waals surface area contributed by atoms with Crippen LogP contribution >= 0.6 is 0 Å². The molecule has 0 aliphatic carbocycles. The molecule has 7 heteroatoms. The lowest BCUT2D eigenvalue weighted by Gasteiger charge is -2.37. The van der Waals surface area contributed by atoms with Crippen LogP contribution in [-0.4, -0.2) is 51.7 Å². The monoisotopic (exact) mass is 306 g/mol. The topological polar surface area (TPSA) is 74.3 Å². The van der Waals surface area contributed by atoms with Crippen LogP contribution < -0.4 is 4.74 Å². The number of β-amino-alcohol motifs (C(OH)–C–C–N with tert-alkyl or cyclic N) is 1. The summed E-state index contributed by atoms with van der Waals surface area (Å²) in [7, 11) is 0. The second kappa shape index (κ2) is 6.41. The maximum atomic E-state index is 13.5. The van der Waals surface area contributed by atoms with Gasteiger partial charge >= 0.3 is 0 Å². The van der Waals surface area contributed by atoms with Gasteiger partial charge in [0.05, 0.1) is 6.20 Å². The van der Waals surface area contributed by atoms with Crippen LogP contribution in [0.1, 0.15) is 18.5 Å². The number of piperidine rings is 1. The number of hydrogen-bond acceptors (Lipinski definition) is 5. The molecule has 1 aromatic carbocycles. The fraction of sp³-hybridized carbons (Fsp3) is 0.467. The molecule has 0 amide bonds. The Bertz CT molecular complexity index is 607. The number of hydrogen-bond donors (Lipinski definition) is 2. The highest BCUT2D eigenvalue weighted by Crippen LogP contribution is 2.29. The van der Waals surface area contributed by atoms with E-state index in [1.54, 1.807) is 24.4 Å². The largest absolute Gasteiger partial charge is 0.489 e. The molecule has 2 N–H and O–H groups in total. The molecule has 1 aromatic heterocycles. The number of halogens is 1. The third-order valence-corrected chi connectivity index (χ3v) is 3.94. The van der Waals surface area contributed by atoms with Crippen molar-refractivity contribution in [1.29, 1.82) is 0 Å². The van der Waals surface area contributed by atoms with E-state index in [0.29, 0.717) is 31.8 Å². The minimum Gasteiger partial charge on any atom is -0.489 e. The predicted molar refractivity (Wildman–Crippen MR) is 77.8 cm³/mol. The minimum absolute atomic E-state index is 0.256. The van der Waals surface area contributed by atoms with Crippen molar-refractivity contribution in [1.82, 2.24) is 20.3 Å². The van der Waals surface area contributed by atoms with Gasteiger partial charge in [-0.05, 0) is 31.5 Å². The van der Waals surface area contributed by atoms with Crippen LogP contribution in [0.3, 0.4) is 0 Å². The Hall–Kier alpha value is -1.99. The first-order valence-corrected chi connectivity index (χ1v) is 7.36. The number of likely N-dealkylation sites (tertiary alicyclic amines) is 1. The van der Waals surface area contributed by atoms with Crippen molar-refractivity contribution in [3.8, 4) is 5.75 Å². The number of aliphatic hydroxyl groups is 1. The summed E-state index contributed by atoms with van der Waals surface area (Å²) in [6.45, 7) is 2.34. The van der Waals surface area contributed by atoms with E-state index >= 15 is 0 Å². The summed E-state index contributed by atoms with van der Waals surface area (Å²) in [5.41, 5.74) is -0.421. The Morgan fingerprint density at radius 2 is 2.27 bits per heavy atom. The SMILES string of the molecule is O[C@]1(c2cn[nH]n2)CCCN(CCOc2ccccc2F)C1. The number of nitrogens with zero attached hydrogens (tertiary/aromatic N) is 3. The highest BCUT2D eigenvalue weighted by atomic mass is 19.1. The zero-order chi connectivity index (χ0) is 15.4. The summed E-state index contributed by atoms with van der Waals surface area (Å²) >= 11 is 0. The van der Waals surface area contributed by atoms with Crippen molar-refractivity contribution >= 4 is 0 Å². The summed E-state index contributed by atoms with van der Waals surface area (Å²) in [6.07, 6.45) is 3.08. The first kappa shape index (κ1) is 14.9. The predicted octanol–water partition coefficient (Wildman–Crippen LogP) is 1.31. The Labute approximate surface area is 127 Å². The number of benzene rings is 1. The van der Waals surface area contributed by atoms with E-state index in [4.69, 9.17) is 4.74 Å². The number of ether oxygens (including phenoxy) is 1. The van der Waals surface area contributed by atoms with Crippen molar-refractivity contribution in [2.45, 2.75) is 18.4 Å². The molecule has 2 heterocycles. The molecule has 1 aliphatic heterocycles. The van der Waals surface area contributed by atoms with Gasteiger partial charge in [0.2, 0.25) is 0 Å². The highest BCUT2D eigenvalue weighted by Gasteiger charge is 2.36. The van der Waals surface area contributed by atoms with Crippen LogP contribution in [0.2, 0.25) is 0 Å². The standard InChI is InChI=1S/C15H19FN4O2/c16-12-4-1-2-5-13(12)22-9-8-20-7-3-6-15(21,11-20)14-10-17-19-18-14/h1-2,4-5,10,21H,3,6-9,11H2,(H,17,18,19)/t15-/m1/s1. The summed E-state index contributed by atoms with van der Waals surface area (Å²) < 4.78 is 18.9. The van der Waals surface area contributed by atoms with Crippen LogP contribution in [-0.2, 0) is 5.60 Å². The maximum Gasteiger partial charge on any atom is 0.165 e. The van der Waals surface area contributed by atoms with Crippen molar-refractivity contribution in [2.75, 3.05) is 26.2 Å². The minimum atomic E-state index is -0.983. The van der Waals surface area contributed by atoms with Gasteiger partial charge in [0, 0.05) is 13.1 Å². The van der Waals surface area contributed by atoms with E-state index in [2.05, 4.69) is 20.3 Å². The number of H-pyrrole nitrogens is 1. The lowest BCUT2D eigenvalue weighted by Crippen LogP contribution is -2.47. The average molecular weight is 306 g/mol. The van der Waals surface area contributed by atoms with E-state index in [1.807, 2.05) is 0 Å². The maximum absolute atomic E-state index is 13.5. The van der Waals surface area contributed by atoms with Crippen LogP contribution in [0.4, 0.5) is 4.39 Å². The number of aromatic amines is 1. The molecular formula is C15H19FN4O2. The summed E-state index contributed by atoms with van der Waals surface area (Å²) in [4.78, 5) is 2.10. The smallest absolute Gasteiger partial charge is 0.165 e. The molecule has 22 heavy (non-hydrogen) atoms. The van der Waals surface area contributed by atoms with Gasteiger partial charge in [0.1, 0.15) is 17.9 Å². The van der Waals surface area contributed by atoms with Gasteiger partial charge in [0.25, 0.3) is 0 Å². The highest BCUT2D eigenvalue weighted by molar-refractivity contribution is 5.23. The molecule has 3 rings (SSSR count). The zero-order valence-electron chi connectivity index (χ0n) is 12.2. The fourth-order valence-corrected chi connectivity index (χ4v) is 2.80. The fourth-order valence-electron chi connectivity index (χ4n) is 2.80. The van der Waals surface area contributed by atoms with E-state index in [1.165, 1.54) is 6.07 Å². The number of para-hydroxylation sites is 1. The van der Waals surface area contributed by atoms with Gasteiger partial charge in [-0.1, -0.05) is 12.1 Å². The van der Waals surface area contributed by atoms with Gasteiger partial charge in [-0.2, -0.15) is 15.4 Å². The second-order valence-electron chi connectivity index (χ2n) is 5.55. The summed E-state index contributed by atoms with van der Waals surface area (Å²) in [5, 5.41) is 21.0. The molecular weight excluding hydrogens is 287 g/mol. The Balaban J connectivity index is 1.54. The van der Waals surface area contributed by atoms with E-state index < -0.39 is 5.60 Å². The Morgan fingerprint density at radius 3 is 3.05 bits per heavy atom. The molecule has 0 saturated carbocycles. The molecule has 1 saturated heterocycles. The number of aromatic nitrogens is 3. The lowest BCUT2D eigenvalue weighted by molar-refractivity contribution is -0.0413. The number of rotatable bonds is 5. The molecule has 1 aliphatic rings. The molecule has 1 fully saturated rings. The van der Waals surface area contributed by atoms with Crippen LogP contribution in [0, 0.1) is 5.82 Å². The molecule has 1 atom stereocenters. The van der Waals surface area contributed by atoms with Gasteiger partial charge in [-0.3, -0.25) is 4.90 Å². The van der Waals surface area contributed by atoms with E-state index in [0.717, 1.165) is 13.0 Å².